The molecule has 0 radical (unpaired) electrons. The van der Waals surface area contributed by atoms with Gasteiger partial charge in [-0.25, -0.2) is 4.39 Å². The Morgan fingerprint density at radius 1 is 0.733 bits per heavy atom. The number of hydrogen-bond donors (Lipinski definition) is 3. The average Bonchev–Trinajstić information content (AvgIpc) is 2.78. The SMILES string of the molecule is O=C(C[C@H](NC(=O)c1ccccc1)c1ccccc1)NNC(=O)c1ccccc1F. The molecular weight excluding hydrogens is 385 g/mol. The molecule has 3 aromatic carbocycles. The summed E-state index contributed by atoms with van der Waals surface area (Å²) in [6.07, 6.45) is -0.125. The summed E-state index contributed by atoms with van der Waals surface area (Å²) in [5.74, 6) is -2.33. The molecule has 0 aliphatic rings. The third-order valence-corrected chi connectivity index (χ3v) is 4.37. The second-order valence-corrected chi connectivity index (χ2v) is 6.49. The Labute approximate surface area is 173 Å². The lowest BCUT2D eigenvalue weighted by Gasteiger charge is -2.19. The molecule has 0 aliphatic carbocycles. The number of amides is 3. The van der Waals surface area contributed by atoms with Crippen molar-refractivity contribution in [1.29, 1.82) is 0 Å². The normalized spacial score (nSPS) is 11.2. The van der Waals surface area contributed by atoms with Gasteiger partial charge in [0.1, 0.15) is 5.82 Å². The highest BCUT2D eigenvalue weighted by Gasteiger charge is 2.20. The van der Waals surface area contributed by atoms with Gasteiger partial charge < -0.3 is 5.32 Å². The van der Waals surface area contributed by atoms with E-state index in [2.05, 4.69) is 16.2 Å². The molecule has 0 aliphatic heterocycles. The van der Waals surface area contributed by atoms with E-state index in [-0.39, 0.29) is 17.9 Å². The minimum Gasteiger partial charge on any atom is -0.345 e. The molecule has 0 unspecified atom stereocenters. The fraction of sp³-hybridized carbons (Fsp3) is 0.0870. The summed E-state index contributed by atoms with van der Waals surface area (Å²) < 4.78 is 13.7. The summed E-state index contributed by atoms with van der Waals surface area (Å²) in [6, 6.07) is 22.5. The number of nitrogens with one attached hydrogen (secondary N) is 3. The number of carbonyl (C=O) groups excluding carboxylic acids is 3. The molecule has 0 aromatic heterocycles. The van der Waals surface area contributed by atoms with Gasteiger partial charge in [0.15, 0.2) is 0 Å². The molecule has 6 nitrogen and oxygen atoms in total. The zero-order valence-electron chi connectivity index (χ0n) is 16.0. The Morgan fingerprint density at radius 3 is 2.00 bits per heavy atom. The highest BCUT2D eigenvalue weighted by Crippen LogP contribution is 2.17. The van der Waals surface area contributed by atoms with Crippen LogP contribution in [0, 0.1) is 5.82 Å². The summed E-state index contributed by atoms with van der Waals surface area (Å²) in [4.78, 5) is 37.0. The largest absolute Gasteiger partial charge is 0.345 e. The van der Waals surface area contributed by atoms with Gasteiger partial charge in [-0.2, -0.15) is 0 Å². The van der Waals surface area contributed by atoms with Gasteiger partial charge in [-0.15, -0.1) is 0 Å². The molecule has 3 amide bonds. The molecule has 152 valence electrons. The van der Waals surface area contributed by atoms with E-state index in [0.717, 1.165) is 11.6 Å². The smallest absolute Gasteiger partial charge is 0.272 e. The van der Waals surface area contributed by atoms with E-state index in [9.17, 15) is 18.8 Å². The molecular formula is C23H20FN3O3. The summed E-state index contributed by atoms with van der Waals surface area (Å²) in [5.41, 5.74) is 5.47. The van der Waals surface area contributed by atoms with Crippen LogP contribution in [0.1, 0.15) is 38.7 Å². The van der Waals surface area contributed by atoms with Crippen molar-refractivity contribution in [2.24, 2.45) is 0 Å². The van der Waals surface area contributed by atoms with E-state index in [1.807, 2.05) is 6.07 Å². The lowest BCUT2D eigenvalue weighted by Crippen LogP contribution is -2.43. The first kappa shape index (κ1) is 20.7. The molecule has 0 saturated heterocycles. The first-order chi connectivity index (χ1) is 14.5. The van der Waals surface area contributed by atoms with Crippen LogP contribution in [0.4, 0.5) is 4.39 Å². The number of hydrazine groups is 1. The highest BCUT2D eigenvalue weighted by molar-refractivity contribution is 5.96. The molecule has 3 N–H and O–H groups in total. The molecule has 0 heterocycles. The van der Waals surface area contributed by atoms with Crippen LogP contribution < -0.4 is 16.2 Å². The van der Waals surface area contributed by atoms with Crippen LogP contribution in [0.5, 0.6) is 0 Å². The molecule has 3 rings (SSSR count). The number of benzene rings is 3. The topological polar surface area (TPSA) is 87.3 Å². The van der Waals surface area contributed by atoms with Gasteiger partial charge in [0, 0.05) is 5.56 Å². The van der Waals surface area contributed by atoms with Crippen LogP contribution in [0.3, 0.4) is 0 Å². The molecule has 30 heavy (non-hydrogen) atoms. The summed E-state index contributed by atoms with van der Waals surface area (Å²) >= 11 is 0. The van der Waals surface area contributed by atoms with Gasteiger partial charge in [-0.05, 0) is 29.8 Å². The lowest BCUT2D eigenvalue weighted by atomic mass is 10.0. The maximum atomic E-state index is 13.7. The summed E-state index contributed by atoms with van der Waals surface area (Å²) in [5, 5.41) is 2.84. The third kappa shape index (κ3) is 5.51. The fourth-order valence-corrected chi connectivity index (χ4v) is 2.84. The molecule has 3 aromatic rings. The van der Waals surface area contributed by atoms with Crippen LogP contribution in [0.15, 0.2) is 84.9 Å². The number of hydrogen-bond acceptors (Lipinski definition) is 3. The summed E-state index contributed by atoms with van der Waals surface area (Å²) in [6.45, 7) is 0. The second-order valence-electron chi connectivity index (χ2n) is 6.49. The van der Waals surface area contributed by atoms with Crippen molar-refractivity contribution in [3.05, 3.63) is 107 Å². The van der Waals surface area contributed by atoms with Crippen LogP contribution in [0.2, 0.25) is 0 Å². The van der Waals surface area contributed by atoms with Gasteiger partial charge in [0.2, 0.25) is 5.91 Å². The van der Waals surface area contributed by atoms with Crippen molar-refractivity contribution in [1.82, 2.24) is 16.2 Å². The standard InChI is InChI=1S/C23H20FN3O3/c24-19-14-8-7-13-18(19)23(30)27-26-21(28)15-20(16-9-3-1-4-10-16)25-22(29)17-11-5-2-6-12-17/h1-14,20H,15H2,(H,25,29)(H,26,28)(H,27,30)/t20-/m0/s1. The van der Waals surface area contributed by atoms with Crippen molar-refractivity contribution in [2.75, 3.05) is 0 Å². The monoisotopic (exact) mass is 405 g/mol. The second kappa shape index (κ2) is 9.97. The van der Waals surface area contributed by atoms with Crippen LogP contribution in [-0.4, -0.2) is 17.7 Å². The maximum Gasteiger partial charge on any atom is 0.272 e. The Morgan fingerprint density at radius 2 is 1.33 bits per heavy atom. The molecule has 1 atom stereocenters. The minimum absolute atomic E-state index is 0.125. The van der Waals surface area contributed by atoms with Crippen LogP contribution in [-0.2, 0) is 4.79 Å². The average molecular weight is 405 g/mol. The molecule has 0 bridgehead atoms. The van der Waals surface area contributed by atoms with Gasteiger partial charge in [0.25, 0.3) is 11.8 Å². The first-order valence-electron chi connectivity index (χ1n) is 9.29. The number of halogens is 1. The van der Waals surface area contributed by atoms with Gasteiger partial charge in [-0.3, -0.25) is 25.2 Å². The van der Waals surface area contributed by atoms with E-state index in [4.69, 9.17) is 0 Å². The quantitative estimate of drug-likeness (QED) is 0.551. The molecule has 7 heteroatoms. The fourth-order valence-electron chi connectivity index (χ4n) is 2.84. The zero-order valence-corrected chi connectivity index (χ0v) is 16.0. The van der Waals surface area contributed by atoms with Crippen molar-refractivity contribution in [3.63, 3.8) is 0 Å². The molecule has 0 saturated carbocycles. The van der Waals surface area contributed by atoms with E-state index >= 15 is 0 Å². The van der Waals surface area contributed by atoms with E-state index in [0.29, 0.717) is 5.56 Å². The molecule has 0 spiro atoms. The Hall–Kier alpha value is -4.00. The molecule has 0 fully saturated rings. The van der Waals surface area contributed by atoms with E-state index in [1.54, 1.807) is 54.6 Å². The van der Waals surface area contributed by atoms with E-state index in [1.165, 1.54) is 18.2 Å². The Balaban J connectivity index is 1.65. The van der Waals surface area contributed by atoms with Crippen LogP contribution in [0.25, 0.3) is 0 Å². The third-order valence-electron chi connectivity index (χ3n) is 4.37. The zero-order chi connectivity index (χ0) is 21.3. The predicted octanol–water partition coefficient (Wildman–Crippen LogP) is 3.15. The number of carbonyl (C=O) groups is 3. The van der Waals surface area contributed by atoms with Gasteiger partial charge >= 0.3 is 0 Å². The Bertz CT molecular complexity index is 1030. The highest BCUT2D eigenvalue weighted by atomic mass is 19.1. The van der Waals surface area contributed by atoms with Crippen molar-refractivity contribution in [2.45, 2.75) is 12.5 Å². The van der Waals surface area contributed by atoms with E-state index < -0.39 is 23.7 Å². The van der Waals surface area contributed by atoms with Crippen LogP contribution >= 0.6 is 0 Å². The summed E-state index contributed by atoms with van der Waals surface area (Å²) in [7, 11) is 0. The van der Waals surface area contributed by atoms with Gasteiger partial charge in [-0.1, -0.05) is 60.7 Å². The first-order valence-corrected chi connectivity index (χ1v) is 9.29. The van der Waals surface area contributed by atoms with Crippen molar-refractivity contribution in [3.8, 4) is 0 Å². The van der Waals surface area contributed by atoms with Crippen molar-refractivity contribution < 1.29 is 18.8 Å². The maximum absolute atomic E-state index is 13.7. The number of rotatable bonds is 6. The van der Waals surface area contributed by atoms with Crippen molar-refractivity contribution >= 4 is 17.7 Å². The predicted molar refractivity (Wildman–Crippen MR) is 110 cm³/mol. The Kier molecular flexibility index (Phi) is 6.89. The minimum atomic E-state index is -0.772. The lowest BCUT2D eigenvalue weighted by molar-refractivity contribution is -0.122. The van der Waals surface area contributed by atoms with Gasteiger partial charge in [0.05, 0.1) is 18.0 Å².